The fourth-order valence-corrected chi connectivity index (χ4v) is 2.45. The van der Waals surface area contributed by atoms with Gasteiger partial charge >= 0.3 is 0 Å². The van der Waals surface area contributed by atoms with Gasteiger partial charge in [0.2, 0.25) is 0 Å². The Morgan fingerprint density at radius 3 is 2.53 bits per heavy atom. The molecule has 0 spiro atoms. The molecule has 0 radical (unpaired) electrons. The molecular formula is C14H24N2O. The van der Waals surface area contributed by atoms with Crippen molar-refractivity contribution in [1.82, 2.24) is 10.2 Å². The van der Waals surface area contributed by atoms with Crippen LogP contribution in [0.25, 0.3) is 0 Å². The quantitative estimate of drug-likeness (QED) is 0.851. The van der Waals surface area contributed by atoms with Crippen LogP contribution >= 0.6 is 0 Å². The Morgan fingerprint density at radius 2 is 1.88 bits per heavy atom. The van der Waals surface area contributed by atoms with Crippen LogP contribution in [0.5, 0.6) is 0 Å². The third kappa shape index (κ3) is 3.33. The number of hydrogen-bond donors (Lipinski definition) is 1. The lowest BCUT2D eigenvalue weighted by Gasteiger charge is -2.13. The van der Waals surface area contributed by atoms with E-state index in [9.17, 15) is 0 Å². The summed E-state index contributed by atoms with van der Waals surface area (Å²) in [5.41, 5.74) is 0. The molecule has 1 aromatic heterocycles. The van der Waals surface area contributed by atoms with Crippen LogP contribution < -0.4 is 5.32 Å². The van der Waals surface area contributed by atoms with E-state index in [1.807, 2.05) is 0 Å². The van der Waals surface area contributed by atoms with E-state index in [0.717, 1.165) is 43.0 Å². The van der Waals surface area contributed by atoms with Crippen molar-refractivity contribution in [3.05, 3.63) is 23.7 Å². The van der Waals surface area contributed by atoms with Gasteiger partial charge in [-0.05, 0) is 30.5 Å². The van der Waals surface area contributed by atoms with Gasteiger partial charge in [-0.15, -0.1) is 0 Å². The molecule has 2 atom stereocenters. The summed E-state index contributed by atoms with van der Waals surface area (Å²) in [6.45, 7) is 12.0. The van der Waals surface area contributed by atoms with Gasteiger partial charge in [-0.25, -0.2) is 0 Å². The van der Waals surface area contributed by atoms with Crippen LogP contribution in [-0.4, -0.2) is 24.5 Å². The topological polar surface area (TPSA) is 28.4 Å². The Hall–Kier alpha value is -0.800. The first-order valence-electron chi connectivity index (χ1n) is 6.69. The van der Waals surface area contributed by atoms with E-state index >= 15 is 0 Å². The average Bonchev–Trinajstić information content (AvgIpc) is 2.85. The van der Waals surface area contributed by atoms with Gasteiger partial charge in [0.25, 0.3) is 0 Å². The molecular weight excluding hydrogens is 212 g/mol. The second-order valence-electron chi connectivity index (χ2n) is 5.30. The predicted octanol–water partition coefficient (Wildman–Crippen LogP) is 2.48. The highest BCUT2D eigenvalue weighted by molar-refractivity contribution is 5.07. The zero-order valence-electron chi connectivity index (χ0n) is 11.2. The summed E-state index contributed by atoms with van der Waals surface area (Å²) in [6.07, 6.45) is 0. The fraction of sp³-hybridized carbons (Fsp3) is 0.714. The van der Waals surface area contributed by atoms with Gasteiger partial charge in [-0.3, -0.25) is 4.90 Å². The molecule has 2 heterocycles. The molecule has 1 aliphatic rings. The maximum Gasteiger partial charge on any atom is 0.118 e. The largest absolute Gasteiger partial charge is 0.463 e. The molecule has 3 nitrogen and oxygen atoms in total. The number of nitrogens with zero attached hydrogens (tertiary/aromatic N) is 1. The van der Waals surface area contributed by atoms with Gasteiger partial charge in [-0.2, -0.15) is 0 Å². The summed E-state index contributed by atoms with van der Waals surface area (Å²) in [5, 5.41) is 3.28. The summed E-state index contributed by atoms with van der Waals surface area (Å²) in [6, 6.07) is 4.20. The van der Waals surface area contributed by atoms with Crippen LogP contribution in [0.1, 0.15) is 32.3 Å². The van der Waals surface area contributed by atoms with E-state index in [4.69, 9.17) is 4.42 Å². The lowest BCUT2D eigenvalue weighted by molar-refractivity contribution is 0.280. The van der Waals surface area contributed by atoms with E-state index in [2.05, 4.69) is 43.1 Å². The highest BCUT2D eigenvalue weighted by atomic mass is 16.3. The standard InChI is InChI=1S/C14H24N2O/c1-4-15-7-13-5-6-14(17-13)10-16-8-11(2)12(3)9-16/h5-6,11-12,15H,4,7-10H2,1-3H3. The molecule has 2 rings (SSSR count). The van der Waals surface area contributed by atoms with Crippen LogP contribution in [0.4, 0.5) is 0 Å². The molecule has 1 aliphatic heterocycles. The van der Waals surface area contributed by atoms with Crippen LogP contribution in [0.2, 0.25) is 0 Å². The summed E-state index contributed by atoms with van der Waals surface area (Å²) in [7, 11) is 0. The van der Waals surface area contributed by atoms with Gasteiger partial charge in [0, 0.05) is 13.1 Å². The maximum atomic E-state index is 5.81. The van der Waals surface area contributed by atoms with Crippen molar-refractivity contribution < 1.29 is 4.42 Å². The first kappa shape index (κ1) is 12.7. The summed E-state index contributed by atoms with van der Waals surface area (Å²) in [5.74, 6) is 3.76. The van der Waals surface area contributed by atoms with Gasteiger partial charge in [0.05, 0.1) is 13.1 Å². The van der Waals surface area contributed by atoms with Crippen molar-refractivity contribution in [2.45, 2.75) is 33.9 Å². The van der Waals surface area contributed by atoms with Crippen molar-refractivity contribution in [1.29, 1.82) is 0 Å². The Balaban J connectivity index is 1.85. The first-order valence-corrected chi connectivity index (χ1v) is 6.69. The molecule has 1 aromatic rings. The van der Waals surface area contributed by atoms with Crippen molar-refractivity contribution in [2.24, 2.45) is 11.8 Å². The van der Waals surface area contributed by atoms with Crippen LogP contribution in [0.3, 0.4) is 0 Å². The zero-order chi connectivity index (χ0) is 12.3. The molecule has 0 aromatic carbocycles. The monoisotopic (exact) mass is 236 g/mol. The second kappa shape index (κ2) is 5.69. The van der Waals surface area contributed by atoms with Gasteiger partial charge in [0.1, 0.15) is 11.5 Å². The minimum Gasteiger partial charge on any atom is -0.463 e. The SMILES string of the molecule is CCNCc1ccc(CN2CC(C)C(C)C2)o1. The third-order valence-electron chi connectivity index (χ3n) is 3.71. The van der Waals surface area contributed by atoms with Crippen LogP contribution in [0.15, 0.2) is 16.5 Å². The normalized spacial score (nSPS) is 25.6. The van der Waals surface area contributed by atoms with Gasteiger partial charge < -0.3 is 9.73 Å². The zero-order valence-corrected chi connectivity index (χ0v) is 11.2. The first-order chi connectivity index (χ1) is 8.19. The highest BCUT2D eigenvalue weighted by Gasteiger charge is 2.26. The number of rotatable bonds is 5. The van der Waals surface area contributed by atoms with E-state index < -0.39 is 0 Å². The Labute approximate surface area is 104 Å². The molecule has 0 aliphatic carbocycles. The van der Waals surface area contributed by atoms with Crippen molar-refractivity contribution >= 4 is 0 Å². The molecule has 2 unspecified atom stereocenters. The van der Waals surface area contributed by atoms with Crippen molar-refractivity contribution in [3.63, 3.8) is 0 Å². The molecule has 1 fully saturated rings. The summed E-state index contributed by atoms with van der Waals surface area (Å²) < 4.78 is 5.81. The molecule has 0 saturated carbocycles. The summed E-state index contributed by atoms with van der Waals surface area (Å²) in [4.78, 5) is 2.49. The van der Waals surface area contributed by atoms with Crippen LogP contribution in [-0.2, 0) is 13.1 Å². The molecule has 0 amide bonds. The minimum absolute atomic E-state index is 0.811. The van der Waals surface area contributed by atoms with E-state index in [1.54, 1.807) is 0 Å². The number of hydrogen-bond acceptors (Lipinski definition) is 3. The summed E-state index contributed by atoms with van der Waals surface area (Å²) >= 11 is 0. The number of likely N-dealkylation sites (tertiary alicyclic amines) is 1. The highest BCUT2D eigenvalue weighted by Crippen LogP contribution is 2.24. The molecule has 1 N–H and O–H groups in total. The molecule has 96 valence electrons. The predicted molar refractivity (Wildman–Crippen MR) is 69.7 cm³/mol. The average molecular weight is 236 g/mol. The lowest BCUT2D eigenvalue weighted by Crippen LogP contribution is -2.19. The number of furan rings is 1. The molecule has 0 bridgehead atoms. The van der Waals surface area contributed by atoms with E-state index in [1.165, 1.54) is 13.1 Å². The Morgan fingerprint density at radius 1 is 1.24 bits per heavy atom. The third-order valence-corrected chi connectivity index (χ3v) is 3.71. The Kier molecular flexibility index (Phi) is 4.24. The molecule has 1 saturated heterocycles. The molecule has 17 heavy (non-hydrogen) atoms. The van der Waals surface area contributed by atoms with E-state index in [-0.39, 0.29) is 0 Å². The fourth-order valence-electron chi connectivity index (χ4n) is 2.45. The maximum absolute atomic E-state index is 5.81. The Bertz CT molecular complexity index is 338. The van der Waals surface area contributed by atoms with Gasteiger partial charge in [0.15, 0.2) is 0 Å². The van der Waals surface area contributed by atoms with Gasteiger partial charge in [-0.1, -0.05) is 20.8 Å². The van der Waals surface area contributed by atoms with Crippen molar-refractivity contribution in [2.75, 3.05) is 19.6 Å². The van der Waals surface area contributed by atoms with Crippen molar-refractivity contribution in [3.8, 4) is 0 Å². The smallest absolute Gasteiger partial charge is 0.118 e. The van der Waals surface area contributed by atoms with Crippen LogP contribution in [0, 0.1) is 11.8 Å². The number of nitrogens with one attached hydrogen (secondary N) is 1. The molecule has 3 heteroatoms. The second-order valence-corrected chi connectivity index (χ2v) is 5.30. The van der Waals surface area contributed by atoms with E-state index in [0.29, 0.717) is 0 Å². The lowest BCUT2D eigenvalue weighted by atomic mass is 10.0. The minimum atomic E-state index is 0.811.